The van der Waals surface area contributed by atoms with Crippen LogP contribution in [0.1, 0.15) is 16.1 Å². The second-order valence-corrected chi connectivity index (χ2v) is 6.69. The van der Waals surface area contributed by atoms with Crippen LogP contribution in [0, 0.1) is 0 Å². The summed E-state index contributed by atoms with van der Waals surface area (Å²) in [6.07, 6.45) is 7.60. The number of carbonyl (C=O) groups is 2. The highest BCUT2D eigenvalue weighted by molar-refractivity contribution is 5.96. The highest BCUT2D eigenvalue weighted by Crippen LogP contribution is 2.19. The molecule has 0 fully saturated rings. The Kier molecular flexibility index (Phi) is 5.11. The van der Waals surface area contributed by atoms with Crippen LogP contribution in [0.2, 0.25) is 0 Å². The highest BCUT2D eigenvalue weighted by Gasteiger charge is 2.23. The fourth-order valence-corrected chi connectivity index (χ4v) is 3.35. The van der Waals surface area contributed by atoms with Crippen LogP contribution < -0.4 is 10.6 Å². The Labute approximate surface area is 167 Å². The van der Waals surface area contributed by atoms with Crippen LogP contribution in [-0.2, 0) is 11.2 Å². The molecule has 7 nitrogen and oxygen atoms in total. The van der Waals surface area contributed by atoms with Gasteiger partial charge in [-0.25, -0.2) is 0 Å². The van der Waals surface area contributed by atoms with Crippen LogP contribution in [0.25, 0.3) is 16.6 Å². The summed E-state index contributed by atoms with van der Waals surface area (Å²) in [6.45, 7) is 0. The molecule has 3 heterocycles. The molecule has 0 unspecified atom stereocenters. The van der Waals surface area contributed by atoms with Crippen LogP contribution in [0.3, 0.4) is 0 Å². The number of fused-ring (bicyclic) bond motifs is 1. The largest absolute Gasteiger partial charge is 0.361 e. The fraction of sp³-hybridized carbons (Fsp3) is 0.136. The molecular weight excluding hydrogens is 366 g/mol. The number of rotatable bonds is 6. The summed E-state index contributed by atoms with van der Waals surface area (Å²) in [4.78, 5) is 32.6. The van der Waals surface area contributed by atoms with E-state index in [0.717, 1.165) is 22.2 Å². The van der Waals surface area contributed by atoms with Crippen LogP contribution in [-0.4, -0.2) is 39.4 Å². The smallest absolute Gasteiger partial charge is 0.270 e. The van der Waals surface area contributed by atoms with Gasteiger partial charge in [-0.1, -0.05) is 18.2 Å². The predicted octanol–water partition coefficient (Wildman–Crippen LogP) is 2.44. The van der Waals surface area contributed by atoms with Crippen LogP contribution in [0.5, 0.6) is 0 Å². The third-order valence-electron chi connectivity index (χ3n) is 4.85. The zero-order chi connectivity index (χ0) is 20.2. The number of carbonyl (C=O) groups excluding carboxylic acids is 2. The van der Waals surface area contributed by atoms with E-state index in [1.165, 1.54) is 0 Å². The molecule has 7 heteroatoms. The number of aromatic nitrogens is 3. The van der Waals surface area contributed by atoms with Crippen molar-refractivity contribution in [1.82, 2.24) is 25.2 Å². The molecule has 3 aromatic heterocycles. The van der Waals surface area contributed by atoms with Gasteiger partial charge in [0.1, 0.15) is 11.7 Å². The van der Waals surface area contributed by atoms with E-state index in [-0.39, 0.29) is 11.6 Å². The SMILES string of the molecule is CNC(=O)[C@H](Cc1c[nH]c2ccccc12)NC(=O)c1cc(-n2cccc2)ccn1. The quantitative estimate of drug-likeness (QED) is 0.475. The normalized spacial score (nSPS) is 11.9. The van der Waals surface area contributed by atoms with Gasteiger partial charge in [0.15, 0.2) is 0 Å². The molecule has 1 atom stereocenters. The Morgan fingerprint density at radius 1 is 1.14 bits per heavy atom. The third kappa shape index (κ3) is 3.89. The number of nitrogens with one attached hydrogen (secondary N) is 3. The summed E-state index contributed by atoms with van der Waals surface area (Å²) in [5.41, 5.74) is 3.03. The van der Waals surface area contributed by atoms with Crippen molar-refractivity contribution in [3.8, 4) is 5.69 Å². The van der Waals surface area contributed by atoms with Crippen molar-refractivity contribution in [2.45, 2.75) is 12.5 Å². The average Bonchev–Trinajstić information content (AvgIpc) is 3.43. The number of para-hydroxylation sites is 1. The van der Waals surface area contributed by atoms with Gasteiger partial charge in [0.05, 0.1) is 0 Å². The Morgan fingerprint density at radius 2 is 1.93 bits per heavy atom. The second kappa shape index (κ2) is 8.02. The van der Waals surface area contributed by atoms with Gasteiger partial charge in [0, 0.05) is 54.8 Å². The summed E-state index contributed by atoms with van der Waals surface area (Å²) >= 11 is 0. The minimum Gasteiger partial charge on any atom is -0.361 e. The Bertz CT molecular complexity index is 1150. The van der Waals surface area contributed by atoms with Crippen LogP contribution in [0.15, 0.2) is 73.3 Å². The molecule has 4 rings (SSSR count). The molecule has 0 aliphatic heterocycles. The number of pyridine rings is 1. The molecule has 1 aromatic carbocycles. The van der Waals surface area contributed by atoms with E-state index < -0.39 is 11.9 Å². The maximum atomic E-state index is 12.8. The zero-order valence-corrected chi connectivity index (χ0v) is 15.9. The molecule has 0 bridgehead atoms. The Morgan fingerprint density at radius 3 is 2.72 bits per heavy atom. The van der Waals surface area contributed by atoms with Crippen molar-refractivity contribution in [2.24, 2.45) is 0 Å². The number of hydrogen-bond acceptors (Lipinski definition) is 3. The molecule has 2 amide bonds. The van der Waals surface area contributed by atoms with Crippen molar-refractivity contribution < 1.29 is 9.59 Å². The number of amides is 2. The van der Waals surface area contributed by atoms with Gasteiger partial charge >= 0.3 is 0 Å². The molecule has 3 N–H and O–H groups in total. The number of aromatic amines is 1. The molecule has 0 spiro atoms. The summed E-state index contributed by atoms with van der Waals surface area (Å²) in [7, 11) is 1.56. The average molecular weight is 387 g/mol. The number of likely N-dealkylation sites (N-methyl/N-ethyl adjacent to an activating group) is 1. The van der Waals surface area contributed by atoms with Gasteiger partial charge < -0.3 is 20.2 Å². The molecular formula is C22H21N5O2. The van der Waals surface area contributed by atoms with Crippen LogP contribution in [0.4, 0.5) is 0 Å². The maximum absolute atomic E-state index is 12.8. The lowest BCUT2D eigenvalue weighted by Crippen LogP contribution is -2.47. The monoisotopic (exact) mass is 387 g/mol. The van der Waals surface area contributed by atoms with Gasteiger partial charge in [0.25, 0.3) is 5.91 Å². The molecule has 0 aliphatic rings. The first-order valence-electron chi connectivity index (χ1n) is 9.32. The standard InChI is InChI=1S/C22H21N5O2/c1-23-21(28)20(12-15-14-25-18-7-3-2-6-17(15)18)26-22(29)19-13-16(8-9-24-19)27-10-4-5-11-27/h2-11,13-14,20,25H,12H2,1H3,(H,23,28)(H,26,29)/t20-/m0/s1. The van der Waals surface area contributed by atoms with Crippen molar-refractivity contribution in [2.75, 3.05) is 7.05 Å². The minimum atomic E-state index is -0.719. The van der Waals surface area contributed by atoms with Crippen LogP contribution >= 0.6 is 0 Å². The molecule has 29 heavy (non-hydrogen) atoms. The van der Waals surface area contributed by atoms with E-state index >= 15 is 0 Å². The lowest BCUT2D eigenvalue weighted by Gasteiger charge is -2.17. The van der Waals surface area contributed by atoms with E-state index in [9.17, 15) is 9.59 Å². The fourth-order valence-electron chi connectivity index (χ4n) is 3.35. The van der Waals surface area contributed by atoms with Gasteiger partial charge in [-0.3, -0.25) is 14.6 Å². The molecule has 4 aromatic rings. The Hall–Kier alpha value is -3.87. The summed E-state index contributed by atoms with van der Waals surface area (Å²) in [5.74, 6) is -0.655. The minimum absolute atomic E-state index is 0.254. The highest BCUT2D eigenvalue weighted by atomic mass is 16.2. The number of hydrogen-bond donors (Lipinski definition) is 3. The van der Waals surface area contributed by atoms with Gasteiger partial charge in [-0.15, -0.1) is 0 Å². The lowest BCUT2D eigenvalue weighted by atomic mass is 10.0. The number of benzene rings is 1. The van der Waals surface area contributed by atoms with Crippen molar-refractivity contribution in [1.29, 1.82) is 0 Å². The lowest BCUT2D eigenvalue weighted by molar-refractivity contribution is -0.122. The topological polar surface area (TPSA) is 91.8 Å². The first-order valence-corrected chi connectivity index (χ1v) is 9.32. The molecule has 0 radical (unpaired) electrons. The van der Waals surface area contributed by atoms with Crippen molar-refractivity contribution >= 4 is 22.7 Å². The van der Waals surface area contributed by atoms with E-state index in [4.69, 9.17) is 0 Å². The van der Waals surface area contributed by atoms with Crippen molar-refractivity contribution in [3.63, 3.8) is 0 Å². The van der Waals surface area contributed by atoms with E-state index in [2.05, 4.69) is 20.6 Å². The number of nitrogens with zero attached hydrogens (tertiary/aromatic N) is 2. The van der Waals surface area contributed by atoms with Gasteiger partial charge in [-0.05, 0) is 35.9 Å². The van der Waals surface area contributed by atoms with Gasteiger partial charge in [0.2, 0.25) is 5.91 Å². The molecule has 0 aliphatic carbocycles. The van der Waals surface area contributed by atoms with E-state index in [1.54, 1.807) is 19.3 Å². The molecule has 0 saturated carbocycles. The summed E-state index contributed by atoms with van der Waals surface area (Å²) in [6, 6.07) is 14.5. The third-order valence-corrected chi connectivity index (χ3v) is 4.85. The maximum Gasteiger partial charge on any atom is 0.270 e. The molecule has 0 saturated heterocycles. The van der Waals surface area contributed by atoms with Gasteiger partial charge in [-0.2, -0.15) is 0 Å². The molecule has 146 valence electrons. The number of H-pyrrole nitrogens is 1. The predicted molar refractivity (Wildman–Crippen MR) is 111 cm³/mol. The second-order valence-electron chi connectivity index (χ2n) is 6.69. The zero-order valence-electron chi connectivity index (χ0n) is 15.9. The summed E-state index contributed by atoms with van der Waals surface area (Å²) in [5, 5.41) is 6.48. The first kappa shape index (κ1) is 18.5. The van der Waals surface area contributed by atoms with E-state index in [0.29, 0.717) is 6.42 Å². The first-order chi connectivity index (χ1) is 14.2. The Balaban J connectivity index is 1.56. The van der Waals surface area contributed by atoms with Crippen molar-refractivity contribution in [3.05, 3.63) is 84.6 Å². The summed E-state index contributed by atoms with van der Waals surface area (Å²) < 4.78 is 1.89. The van der Waals surface area contributed by atoms with E-state index in [1.807, 2.05) is 65.6 Å².